The molecule has 1 aliphatic heterocycles. The molecular formula is C13H12ClF2N3O4. The van der Waals surface area contributed by atoms with Crippen molar-refractivity contribution in [3.63, 3.8) is 0 Å². The summed E-state index contributed by atoms with van der Waals surface area (Å²) in [6.45, 7) is 0.938. The van der Waals surface area contributed by atoms with E-state index in [-0.39, 0.29) is 30.4 Å². The van der Waals surface area contributed by atoms with Crippen molar-refractivity contribution >= 4 is 28.8 Å². The maximum Gasteiger partial charge on any atom is 0.305 e. The third-order valence-electron chi connectivity index (χ3n) is 3.01. The number of rotatable bonds is 2. The molecule has 1 aromatic carbocycles. The van der Waals surface area contributed by atoms with Gasteiger partial charge in [-0.25, -0.2) is 4.39 Å². The zero-order valence-corrected chi connectivity index (χ0v) is 12.5. The fourth-order valence-corrected chi connectivity index (χ4v) is 2.24. The second-order valence-electron chi connectivity index (χ2n) is 4.52. The van der Waals surface area contributed by atoms with Gasteiger partial charge in [0.2, 0.25) is 5.82 Å². The van der Waals surface area contributed by atoms with Crippen LogP contribution in [-0.2, 0) is 9.53 Å². The number of halogens is 3. The third kappa shape index (κ3) is 3.93. The lowest BCUT2D eigenvalue weighted by molar-refractivity contribution is -0.387. The third-order valence-corrected chi connectivity index (χ3v) is 3.33. The smallest absolute Gasteiger partial charge is 0.305 e. The standard InChI is InChI=1S/C13H12ClF2N3O4/c14-12-11(13(20)18-2-4-23-3-1-17-12)7-5-10(19(21)22)9(16)6-8(7)15/h5-6,17H,1-4H2,(H,18,20)/b12-11-. The molecule has 0 atom stereocenters. The summed E-state index contributed by atoms with van der Waals surface area (Å²) in [5, 5.41) is 15.7. The lowest BCUT2D eigenvalue weighted by Crippen LogP contribution is -2.32. The molecule has 1 heterocycles. The highest BCUT2D eigenvalue weighted by Crippen LogP contribution is 2.29. The highest BCUT2D eigenvalue weighted by Gasteiger charge is 2.26. The van der Waals surface area contributed by atoms with E-state index in [2.05, 4.69) is 10.6 Å². The second-order valence-corrected chi connectivity index (χ2v) is 4.90. The minimum atomic E-state index is -1.34. The van der Waals surface area contributed by atoms with Gasteiger partial charge in [-0.1, -0.05) is 11.6 Å². The van der Waals surface area contributed by atoms with Crippen LogP contribution in [0.1, 0.15) is 5.56 Å². The van der Waals surface area contributed by atoms with Crippen molar-refractivity contribution in [1.29, 1.82) is 0 Å². The first-order valence-electron chi connectivity index (χ1n) is 6.55. The van der Waals surface area contributed by atoms with Crippen LogP contribution >= 0.6 is 11.6 Å². The van der Waals surface area contributed by atoms with Crippen LogP contribution in [-0.4, -0.2) is 37.1 Å². The van der Waals surface area contributed by atoms with Crippen LogP contribution in [0, 0.1) is 21.7 Å². The van der Waals surface area contributed by atoms with Gasteiger partial charge >= 0.3 is 5.69 Å². The van der Waals surface area contributed by atoms with Crippen molar-refractivity contribution in [2.24, 2.45) is 0 Å². The largest absolute Gasteiger partial charge is 0.378 e. The van der Waals surface area contributed by atoms with E-state index in [1.54, 1.807) is 0 Å². The molecule has 1 amide bonds. The van der Waals surface area contributed by atoms with Crippen molar-refractivity contribution in [2.75, 3.05) is 26.3 Å². The summed E-state index contributed by atoms with van der Waals surface area (Å²) in [6.07, 6.45) is 0. The Morgan fingerprint density at radius 1 is 1.17 bits per heavy atom. The van der Waals surface area contributed by atoms with E-state index in [4.69, 9.17) is 16.3 Å². The molecule has 0 radical (unpaired) electrons. The molecule has 0 aliphatic carbocycles. The molecule has 0 fully saturated rings. The van der Waals surface area contributed by atoms with E-state index in [0.29, 0.717) is 18.7 Å². The van der Waals surface area contributed by atoms with Gasteiger partial charge in [0.15, 0.2) is 0 Å². The number of carbonyl (C=O) groups excluding carboxylic acids is 1. The van der Waals surface area contributed by atoms with Crippen molar-refractivity contribution in [3.05, 3.63) is 44.6 Å². The number of nitrogens with zero attached hydrogens (tertiary/aromatic N) is 1. The predicted octanol–water partition coefficient (Wildman–Crippen LogP) is 1.52. The van der Waals surface area contributed by atoms with Gasteiger partial charge in [0.25, 0.3) is 5.91 Å². The molecule has 0 saturated heterocycles. The van der Waals surface area contributed by atoms with Gasteiger partial charge < -0.3 is 15.4 Å². The molecule has 2 rings (SSSR count). The Hall–Kier alpha value is -2.26. The summed E-state index contributed by atoms with van der Waals surface area (Å²) in [7, 11) is 0. The number of hydrogen-bond donors (Lipinski definition) is 2. The molecule has 7 nitrogen and oxygen atoms in total. The van der Waals surface area contributed by atoms with E-state index in [1.165, 1.54) is 0 Å². The first-order chi connectivity index (χ1) is 10.9. The fraction of sp³-hybridized carbons (Fsp3) is 0.308. The van der Waals surface area contributed by atoms with Gasteiger partial charge in [-0.3, -0.25) is 14.9 Å². The highest BCUT2D eigenvalue weighted by atomic mass is 35.5. The number of hydrogen-bond acceptors (Lipinski definition) is 5. The molecule has 0 unspecified atom stereocenters. The monoisotopic (exact) mass is 347 g/mol. The number of nitro groups is 1. The SMILES string of the molecule is O=C1NCCOCCN/C(Cl)=C\1c1cc([N+](=O)[O-])c(F)cc1F. The minimum absolute atomic E-state index is 0.150. The summed E-state index contributed by atoms with van der Waals surface area (Å²) in [5.41, 5.74) is -1.75. The van der Waals surface area contributed by atoms with E-state index in [9.17, 15) is 23.7 Å². The van der Waals surface area contributed by atoms with Crippen LogP contribution in [0.2, 0.25) is 0 Å². The Kier molecular flexibility index (Phi) is 5.45. The molecule has 10 heteroatoms. The quantitative estimate of drug-likeness (QED) is 0.480. The minimum Gasteiger partial charge on any atom is -0.378 e. The van der Waals surface area contributed by atoms with Crippen molar-refractivity contribution < 1.29 is 23.2 Å². The number of carbonyl (C=O) groups is 1. The van der Waals surface area contributed by atoms with Crippen LogP contribution in [0.3, 0.4) is 0 Å². The molecule has 2 N–H and O–H groups in total. The van der Waals surface area contributed by atoms with Crippen molar-refractivity contribution in [1.82, 2.24) is 10.6 Å². The maximum absolute atomic E-state index is 14.1. The Bertz CT molecular complexity index is 681. The Morgan fingerprint density at radius 3 is 2.48 bits per heavy atom. The summed E-state index contributed by atoms with van der Waals surface area (Å²) in [5.74, 6) is -3.23. The van der Waals surface area contributed by atoms with E-state index < -0.39 is 33.7 Å². The van der Waals surface area contributed by atoms with Crippen LogP contribution in [0.5, 0.6) is 0 Å². The molecule has 1 aliphatic rings. The number of benzene rings is 1. The van der Waals surface area contributed by atoms with Crippen LogP contribution in [0.15, 0.2) is 17.3 Å². The summed E-state index contributed by atoms with van der Waals surface area (Å²) >= 11 is 5.98. The average molecular weight is 348 g/mol. The molecule has 0 saturated carbocycles. The number of ether oxygens (including phenoxy) is 1. The predicted molar refractivity (Wildman–Crippen MR) is 77.6 cm³/mol. The van der Waals surface area contributed by atoms with Gasteiger partial charge in [0, 0.05) is 30.8 Å². The van der Waals surface area contributed by atoms with E-state index >= 15 is 0 Å². The molecule has 23 heavy (non-hydrogen) atoms. The normalized spacial score (nSPS) is 19.7. The first-order valence-corrected chi connectivity index (χ1v) is 6.93. The van der Waals surface area contributed by atoms with Gasteiger partial charge in [-0.15, -0.1) is 0 Å². The van der Waals surface area contributed by atoms with Gasteiger partial charge in [0.1, 0.15) is 11.0 Å². The summed E-state index contributed by atoms with van der Waals surface area (Å²) < 4.78 is 32.7. The molecule has 0 spiro atoms. The maximum atomic E-state index is 14.1. The molecule has 0 bridgehead atoms. The first kappa shape index (κ1) is 17.1. The van der Waals surface area contributed by atoms with Gasteiger partial charge in [-0.2, -0.15) is 4.39 Å². The van der Waals surface area contributed by atoms with E-state index in [0.717, 1.165) is 0 Å². The van der Waals surface area contributed by atoms with Gasteiger partial charge in [0.05, 0.1) is 23.7 Å². The number of nitro benzene ring substituents is 1. The Morgan fingerprint density at radius 2 is 1.83 bits per heavy atom. The molecule has 1 aromatic rings. The van der Waals surface area contributed by atoms with Crippen LogP contribution in [0.25, 0.3) is 5.57 Å². The zero-order chi connectivity index (χ0) is 17.0. The topological polar surface area (TPSA) is 93.5 Å². The highest BCUT2D eigenvalue weighted by molar-refractivity contribution is 6.39. The Labute approximate surface area is 134 Å². The number of nitrogens with one attached hydrogen (secondary N) is 2. The number of amides is 1. The molecule has 124 valence electrons. The summed E-state index contributed by atoms with van der Waals surface area (Å²) in [4.78, 5) is 22.0. The van der Waals surface area contributed by atoms with E-state index in [1.807, 2.05) is 0 Å². The lowest BCUT2D eigenvalue weighted by Gasteiger charge is -2.16. The fourth-order valence-electron chi connectivity index (χ4n) is 1.96. The second kappa shape index (κ2) is 7.34. The zero-order valence-electron chi connectivity index (χ0n) is 11.7. The lowest BCUT2D eigenvalue weighted by atomic mass is 10.0. The van der Waals surface area contributed by atoms with Crippen LogP contribution < -0.4 is 10.6 Å². The molecular weight excluding hydrogens is 336 g/mol. The van der Waals surface area contributed by atoms with Crippen molar-refractivity contribution in [3.8, 4) is 0 Å². The van der Waals surface area contributed by atoms with Crippen LogP contribution in [0.4, 0.5) is 14.5 Å². The average Bonchev–Trinajstić information content (AvgIpc) is 2.48. The molecule has 0 aromatic heterocycles. The van der Waals surface area contributed by atoms with Gasteiger partial charge in [-0.05, 0) is 0 Å². The van der Waals surface area contributed by atoms with Crippen molar-refractivity contribution in [2.45, 2.75) is 0 Å². The Balaban J connectivity index is 2.56. The summed E-state index contributed by atoms with van der Waals surface area (Å²) in [6, 6.07) is 0.992.